The standard InChI is InChI=1S/C19H26N2/c1-4-5-6-7-8-9-11-18-17(3)14-16(2)15-19(18)21-13-10-12-20-21/h8-10,12-15H,4-7,11H2,1-3H3/b9-8+. The van der Waals surface area contributed by atoms with Crippen LogP contribution in [0.25, 0.3) is 5.69 Å². The first-order valence-electron chi connectivity index (χ1n) is 7.97. The predicted octanol–water partition coefficient (Wildman–Crippen LogP) is 5.17. The van der Waals surface area contributed by atoms with Gasteiger partial charge in [0.2, 0.25) is 0 Å². The van der Waals surface area contributed by atoms with Crippen LogP contribution in [0.5, 0.6) is 0 Å². The van der Waals surface area contributed by atoms with E-state index < -0.39 is 0 Å². The SMILES string of the molecule is CCCCC/C=C/Cc1c(C)cc(C)cc1-n1cccn1. The van der Waals surface area contributed by atoms with Crippen LogP contribution < -0.4 is 0 Å². The first-order valence-corrected chi connectivity index (χ1v) is 7.97. The van der Waals surface area contributed by atoms with Gasteiger partial charge < -0.3 is 0 Å². The Balaban J connectivity index is 2.15. The number of hydrogen-bond acceptors (Lipinski definition) is 1. The fourth-order valence-electron chi connectivity index (χ4n) is 2.69. The number of aryl methyl sites for hydroxylation is 2. The average molecular weight is 282 g/mol. The third kappa shape index (κ3) is 4.32. The summed E-state index contributed by atoms with van der Waals surface area (Å²) >= 11 is 0. The summed E-state index contributed by atoms with van der Waals surface area (Å²) in [5.41, 5.74) is 5.21. The first-order chi connectivity index (χ1) is 10.2. The van der Waals surface area contributed by atoms with Crippen molar-refractivity contribution < 1.29 is 0 Å². The van der Waals surface area contributed by atoms with E-state index in [1.807, 2.05) is 23.1 Å². The lowest BCUT2D eigenvalue weighted by Crippen LogP contribution is -2.02. The summed E-state index contributed by atoms with van der Waals surface area (Å²) in [5.74, 6) is 0. The zero-order valence-electron chi connectivity index (χ0n) is 13.5. The van der Waals surface area contributed by atoms with Crippen molar-refractivity contribution >= 4 is 0 Å². The molecule has 1 aromatic heterocycles. The van der Waals surface area contributed by atoms with E-state index in [-0.39, 0.29) is 0 Å². The van der Waals surface area contributed by atoms with Crippen LogP contribution in [0.3, 0.4) is 0 Å². The molecule has 0 amide bonds. The molecule has 0 bridgehead atoms. The third-order valence-corrected chi connectivity index (χ3v) is 3.81. The van der Waals surface area contributed by atoms with E-state index in [1.165, 1.54) is 48.1 Å². The Bertz CT molecular complexity index is 580. The number of nitrogens with zero attached hydrogens (tertiary/aromatic N) is 2. The Morgan fingerprint density at radius 1 is 1.14 bits per heavy atom. The van der Waals surface area contributed by atoms with Gasteiger partial charge in [-0.3, -0.25) is 0 Å². The molecule has 1 aromatic carbocycles. The molecule has 2 heteroatoms. The molecule has 0 spiro atoms. The fourth-order valence-corrected chi connectivity index (χ4v) is 2.69. The van der Waals surface area contributed by atoms with Gasteiger partial charge in [0, 0.05) is 12.4 Å². The van der Waals surface area contributed by atoms with Crippen molar-refractivity contribution in [3.63, 3.8) is 0 Å². The molecule has 0 saturated heterocycles. The summed E-state index contributed by atoms with van der Waals surface area (Å²) < 4.78 is 1.97. The van der Waals surface area contributed by atoms with Crippen LogP contribution in [0.1, 0.15) is 49.3 Å². The second-order valence-electron chi connectivity index (χ2n) is 5.70. The van der Waals surface area contributed by atoms with Gasteiger partial charge >= 0.3 is 0 Å². The molecule has 1 heterocycles. The predicted molar refractivity (Wildman–Crippen MR) is 90.0 cm³/mol. The highest BCUT2D eigenvalue weighted by molar-refractivity contribution is 5.48. The molecular weight excluding hydrogens is 256 g/mol. The number of benzene rings is 1. The lowest BCUT2D eigenvalue weighted by atomic mass is 10.00. The summed E-state index contributed by atoms with van der Waals surface area (Å²) in [5, 5.41) is 4.39. The minimum Gasteiger partial charge on any atom is -0.241 e. The van der Waals surface area contributed by atoms with E-state index in [9.17, 15) is 0 Å². The quantitative estimate of drug-likeness (QED) is 0.506. The maximum atomic E-state index is 4.39. The van der Waals surface area contributed by atoms with E-state index in [0.717, 1.165) is 6.42 Å². The molecular formula is C19H26N2. The van der Waals surface area contributed by atoms with Gasteiger partial charge in [-0.2, -0.15) is 5.10 Å². The number of aromatic nitrogens is 2. The lowest BCUT2D eigenvalue weighted by Gasteiger charge is -2.13. The zero-order chi connectivity index (χ0) is 15.1. The van der Waals surface area contributed by atoms with Crippen molar-refractivity contribution in [3.05, 3.63) is 59.4 Å². The largest absolute Gasteiger partial charge is 0.241 e. The monoisotopic (exact) mass is 282 g/mol. The van der Waals surface area contributed by atoms with E-state index in [1.54, 1.807) is 0 Å². The van der Waals surface area contributed by atoms with Crippen molar-refractivity contribution in [2.24, 2.45) is 0 Å². The average Bonchev–Trinajstić information content (AvgIpc) is 2.98. The number of unbranched alkanes of at least 4 members (excludes halogenated alkanes) is 3. The molecule has 112 valence electrons. The highest BCUT2D eigenvalue weighted by Crippen LogP contribution is 2.21. The van der Waals surface area contributed by atoms with Crippen LogP contribution in [-0.2, 0) is 6.42 Å². The summed E-state index contributed by atoms with van der Waals surface area (Å²) in [6, 6.07) is 6.45. The minimum absolute atomic E-state index is 0.980. The molecule has 0 radical (unpaired) electrons. The Hall–Kier alpha value is -1.83. The molecule has 0 fully saturated rings. The highest BCUT2D eigenvalue weighted by atomic mass is 15.3. The van der Waals surface area contributed by atoms with E-state index in [4.69, 9.17) is 0 Å². The van der Waals surface area contributed by atoms with Crippen LogP contribution in [-0.4, -0.2) is 9.78 Å². The first kappa shape index (κ1) is 15.6. The molecule has 0 aliphatic heterocycles. The van der Waals surface area contributed by atoms with Gasteiger partial charge in [-0.25, -0.2) is 4.68 Å². The third-order valence-electron chi connectivity index (χ3n) is 3.81. The fraction of sp³-hybridized carbons (Fsp3) is 0.421. The number of allylic oxidation sites excluding steroid dienone is 2. The lowest BCUT2D eigenvalue weighted by molar-refractivity contribution is 0.728. The molecule has 21 heavy (non-hydrogen) atoms. The summed E-state index contributed by atoms with van der Waals surface area (Å²) in [6.07, 6.45) is 14.6. The molecule has 0 saturated carbocycles. The summed E-state index contributed by atoms with van der Waals surface area (Å²) in [6.45, 7) is 6.58. The molecule has 2 nitrogen and oxygen atoms in total. The topological polar surface area (TPSA) is 17.8 Å². The maximum absolute atomic E-state index is 4.39. The van der Waals surface area contributed by atoms with Gasteiger partial charge in [-0.05, 0) is 61.9 Å². The van der Waals surface area contributed by atoms with Crippen LogP contribution in [0, 0.1) is 13.8 Å². The smallest absolute Gasteiger partial charge is 0.0685 e. The van der Waals surface area contributed by atoms with Gasteiger partial charge in [0.15, 0.2) is 0 Å². The summed E-state index contributed by atoms with van der Waals surface area (Å²) in [7, 11) is 0. The molecule has 0 atom stereocenters. The Morgan fingerprint density at radius 3 is 2.71 bits per heavy atom. The van der Waals surface area contributed by atoms with E-state index in [2.05, 4.69) is 50.2 Å². The number of hydrogen-bond donors (Lipinski definition) is 0. The van der Waals surface area contributed by atoms with Gasteiger partial charge in [0.25, 0.3) is 0 Å². The van der Waals surface area contributed by atoms with E-state index >= 15 is 0 Å². The zero-order valence-corrected chi connectivity index (χ0v) is 13.5. The summed E-state index contributed by atoms with van der Waals surface area (Å²) in [4.78, 5) is 0. The molecule has 0 unspecified atom stereocenters. The minimum atomic E-state index is 0.980. The van der Waals surface area contributed by atoms with Crippen LogP contribution in [0.15, 0.2) is 42.7 Å². The van der Waals surface area contributed by atoms with Crippen LogP contribution in [0.4, 0.5) is 0 Å². The Morgan fingerprint density at radius 2 is 2.00 bits per heavy atom. The van der Waals surface area contributed by atoms with Crippen molar-refractivity contribution in [2.75, 3.05) is 0 Å². The Kier molecular flexibility index (Phi) is 5.79. The molecule has 2 rings (SSSR count). The second-order valence-corrected chi connectivity index (χ2v) is 5.70. The van der Waals surface area contributed by atoms with Crippen LogP contribution >= 0.6 is 0 Å². The molecule has 0 aliphatic rings. The van der Waals surface area contributed by atoms with Gasteiger partial charge in [0.1, 0.15) is 0 Å². The normalized spacial score (nSPS) is 11.4. The van der Waals surface area contributed by atoms with Crippen molar-refractivity contribution in [1.82, 2.24) is 9.78 Å². The number of rotatable bonds is 7. The molecule has 2 aromatic rings. The van der Waals surface area contributed by atoms with Crippen molar-refractivity contribution in [3.8, 4) is 5.69 Å². The van der Waals surface area contributed by atoms with Crippen molar-refractivity contribution in [1.29, 1.82) is 0 Å². The van der Waals surface area contributed by atoms with Gasteiger partial charge in [-0.15, -0.1) is 0 Å². The Labute approximate surface area is 128 Å². The van der Waals surface area contributed by atoms with Gasteiger partial charge in [0.05, 0.1) is 5.69 Å². The van der Waals surface area contributed by atoms with Crippen molar-refractivity contribution in [2.45, 2.75) is 52.9 Å². The molecule has 0 N–H and O–H groups in total. The van der Waals surface area contributed by atoms with Gasteiger partial charge in [-0.1, -0.05) is 38.0 Å². The van der Waals surface area contributed by atoms with Crippen LogP contribution in [0.2, 0.25) is 0 Å². The maximum Gasteiger partial charge on any atom is 0.0685 e. The molecule has 0 aliphatic carbocycles. The second kappa shape index (κ2) is 7.82. The van der Waals surface area contributed by atoms with E-state index in [0.29, 0.717) is 0 Å². The highest BCUT2D eigenvalue weighted by Gasteiger charge is 2.08.